The van der Waals surface area contributed by atoms with Crippen LogP contribution < -0.4 is 15.5 Å². The van der Waals surface area contributed by atoms with E-state index in [1.54, 1.807) is 34.2 Å². The lowest BCUT2D eigenvalue weighted by Crippen LogP contribution is -2.45. The lowest BCUT2D eigenvalue weighted by atomic mass is 9.81. The third-order valence-corrected chi connectivity index (χ3v) is 6.13. The molecule has 2 aromatic rings. The Morgan fingerprint density at radius 1 is 1.39 bits per heavy atom. The van der Waals surface area contributed by atoms with E-state index in [1.807, 2.05) is 13.8 Å². The van der Waals surface area contributed by atoms with E-state index in [4.69, 9.17) is 5.11 Å². The number of carboxylic acid groups (broad SMARTS) is 1. The molecular weight excluding hydrogens is 402 g/mol. The summed E-state index contributed by atoms with van der Waals surface area (Å²) in [5.41, 5.74) is -0.585. The van der Waals surface area contributed by atoms with E-state index in [2.05, 4.69) is 25.7 Å². The van der Waals surface area contributed by atoms with E-state index in [-0.39, 0.29) is 25.0 Å². The quantitative estimate of drug-likeness (QED) is 0.494. The van der Waals surface area contributed by atoms with Crippen LogP contribution >= 0.6 is 0 Å². The summed E-state index contributed by atoms with van der Waals surface area (Å²) in [5, 5.41) is 28.3. The first-order chi connectivity index (χ1) is 14.7. The summed E-state index contributed by atoms with van der Waals surface area (Å²) < 4.78 is 1.66. The van der Waals surface area contributed by atoms with Gasteiger partial charge in [-0.3, -0.25) is 14.4 Å². The smallest absolute Gasteiger partial charge is 0.404 e. The maximum Gasteiger partial charge on any atom is 0.404 e. The minimum absolute atomic E-state index is 0.0589. The number of carbonyl (C=O) groups excluding carboxylic acids is 1. The number of aromatic nitrogens is 4. The van der Waals surface area contributed by atoms with Gasteiger partial charge >= 0.3 is 6.09 Å². The molecule has 0 spiro atoms. The van der Waals surface area contributed by atoms with Crippen LogP contribution in [0.3, 0.4) is 0 Å². The Kier molecular flexibility index (Phi) is 5.29. The van der Waals surface area contributed by atoms with Crippen LogP contribution in [-0.4, -0.2) is 61.7 Å². The molecule has 11 nitrogen and oxygen atoms in total. The predicted octanol–water partition coefficient (Wildman–Crippen LogP) is 1.54. The molecule has 1 aliphatic heterocycles. The van der Waals surface area contributed by atoms with Gasteiger partial charge in [0.05, 0.1) is 29.4 Å². The Morgan fingerprint density at radius 2 is 2.16 bits per heavy atom. The SMILES string of the molecule is CC(C)(CO)n1cc(Nc2nccc(N3CC[C@@](CNC(=O)O)(C4CC4)C3=O)n2)cn1. The molecule has 2 aromatic heterocycles. The highest BCUT2D eigenvalue weighted by Gasteiger charge is 2.56. The molecule has 0 unspecified atom stereocenters. The first-order valence-corrected chi connectivity index (χ1v) is 10.3. The minimum Gasteiger partial charge on any atom is -0.465 e. The summed E-state index contributed by atoms with van der Waals surface area (Å²) in [7, 11) is 0. The number of nitrogens with one attached hydrogen (secondary N) is 2. The van der Waals surface area contributed by atoms with Crippen LogP contribution in [0, 0.1) is 11.3 Å². The summed E-state index contributed by atoms with van der Waals surface area (Å²) >= 11 is 0. The van der Waals surface area contributed by atoms with Gasteiger partial charge in [0.1, 0.15) is 5.82 Å². The minimum atomic E-state index is -1.12. The number of rotatable bonds is 8. The summed E-state index contributed by atoms with van der Waals surface area (Å²) in [4.78, 5) is 34.7. The zero-order chi connectivity index (χ0) is 22.2. The second-order valence-corrected chi connectivity index (χ2v) is 8.80. The number of hydrogen-bond donors (Lipinski definition) is 4. The van der Waals surface area contributed by atoms with Crippen molar-refractivity contribution in [3.05, 3.63) is 24.7 Å². The molecule has 3 heterocycles. The van der Waals surface area contributed by atoms with Crippen LogP contribution in [0.2, 0.25) is 0 Å². The highest BCUT2D eigenvalue weighted by Crippen LogP contribution is 2.51. The van der Waals surface area contributed by atoms with Crippen LogP contribution in [0.15, 0.2) is 24.7 Å². The first-order valence-electron chi connectivity index (χ1n) is 10.3. The van der Waals surface area contributed by atoms with Crippen LogP contribution in [0.1, 0.15) is 33.1 Å². The van der Waals surface area contributed by atoms with Gasteiger partial charge in [-0.25, -0.2) is 9.78 Å². The van der Waals surface area contributed by atoms with Gasteiger partial charge in [-0.15, -0.1) is 0 Å². The van der Waals surface area contributed by atoms with Gasteiger partial charge in [-0.05, 0) is 45.1 Å². The lowest BCUT2D eigenvalue weighted by molar-refractivity contribution is -0.126. The van der Waals surface area contributed by atoms with E-state index in [9.17, 15) is 14.7 Å². The molecule has 166 valence electrons. The Hall–Kier alpha value is -3.21. The molecule has 2 fully saturated rings. The Labute approximate surface area is 179 Å². The molecule has 2 amide bonds. The molecule has 0 bridgehead atoms. The second kappa shape index (κ2) is 7.80. The number of aliphatic hydroxyl groups excluding tert-OH is 1. The molecule has 0 aromatic carbocycles. The number of carbonyl (C=O) groups is 2. The normalized spacial score (nSPS) is 21.4. The van der Waals surface area contributed by atoms with Crippen molar-refractivity contribution in [2.75, 3.05) is 29.9 Å². The van der Waals surface area contributed by atoms with Gasteiger partial charge < -0.3 is 20.8 Å². The zero-order valence-corrected chi connectivity index (χ0v) is 17.6. The first kappa shape index (κ1) is 21.0. The molecular formula is C20H27N7O4. The average Bonchev–Trinajstić information content (AvgIpc) is 3.40. The molecule has 4 rings (SSSR count). The number of anilines is 3. The summed E-state index contributed by atoms with van der Waals surface area (Å²) in [6.45, 7) is 4.28. The highest BCUT2D eigenvalue weighted by molar-refractivity contribution is 6.00. The van der Waals surface area contributed by atoms with E-state index in [0.717, 1.165) is 12.8 Å². The number of hydrogen-bond acceptors (Lipinski definition) is 7. The Morgan fingerprint density at radius 3 is 2.84 bits per heavy atom. The van der Waals surface area contributed by atoms with Crippen molar-refractivity contribution in [1.29, 1.82) is 0 Å². The molecule has 0 radical (unpaired) electrons. The van der Waals surface area contributed by atoms with Crippen molar-refractivity contribution in [2.24, 2.45) is 11.3 Å². The number of amides is 2. The maximum absolute atomic E-state index is 13.3. The van der Waals surface area contributed by atoms with E-state index >= 15 is 0 Å². The fourth-order valence-electron chi connectivity index (χ4n) is 4.04. The van der Waals surface area contributed by atoms with Gasteiger partial charge in [0, 0.05) is 25.5 Å². The molecule has 1 saturated carbocycles. The highest BCUT2D eigenvalue weighted by atomic mass is 16.4. The Balaban J connectivity index is 1.51. The third-order valence-electron chi connectivity index (χ3n) is 6.13. The van der Waals surface area contributed by atoms with Crippen molar-refractivity contribution >= 4 is 29.5 Å². The zero-order valence-electron chi connectivity index (χ0n) is 17.6. The van der Waals surface area contributed by atoms with E-state index in [1.165, 1.54) is 0 Å². The Bertz CT molecular complexity index is 987. The standard InChI is InChI=1S/C20H27N7O4/c1-19(2,12-28)27-10-14(9-23-27)24-17-21-7-5-15(25-17)26-8-6-20(16(26)29,13-3-4-13)11-22-18(30)31/h5,7,9-10,13,22,28H,3-4,6,8,11-12H2,1-2H3,(H,30,31)(H,21,24,25)/t20-/m1/s1. The van der Waals surface area contributed by atoms with E-state index < -0.39 is 17.0 Å². The van der Waals surface area contributed by atoms with Crippen molar-refractivity contribution in [3.63, 3.8) is 0 Å². The van der Waals surface area contributed by atoms with Crippen molar-refractivity contribution in [1.82, 2.24) is 25.1 Å². The molecule has 31 heavy (non-hydrogen) atoms. The second-order valence-electron chi connectivity index (χ2n) is 8.80. The van der Waals surface area contributed by atoms with Crippen LogP contribution in [0.4, 0.5) is 22.2 Å². The monoisotopic (exact) mass is 429 g/mol. The largest absolute Gasteiger partial charge is 0.465 e. The van der Waals surface area contributed by atoms with Gasteiger partial charge in [0.2, 0.25) is 11.9 Å². The summed E-state index contributed by atoms with van der Waals surface area (Å²) in [6.07, 6.45) is 6.29. The predicted molar refractivity (Wildman–Crippen MR) is 112 cm³/mol. The fourth-order valence-corrected chi connectivity index (χ4v) is 4.04. The molecule has 1 atom stereocenters. The number of aliphatic hydroxyl groups is 1. The molecule has 1 saturated heterocycles. The number of nitrogens with zero attached hydrogens (tertiary/aromatic N) is 5. The maximum atomic E-state index is 13.3. The van der Waals surface area contributed by atoms with Crippen LogP contribution in [-0.2, 0) is 10.3 Å². The third kappa shape index (κ3) is 4.05. The summed E-state index contributed by atoms with van der Waals surface area (Å²) in [6, 6.07) is 1.68. The van der Waals surface area contributed by atoms with Gasteiger partial charge in [0.25, 0.3) is 0 Å². The average molecular weight is 429 g/mol. The fraction of sp³-hybridized carbons (Fsp3) is 0.550. The van der Waals surface area contributed by atoms with Crippen LogP contribution in [0.5, 0.6) is 0 Å². The van der Waals surface area contributed by atoms with Crippen molar-refractivity contribution in [2.45, 2.75) is 38.6 Å². The van der Waals surface area contributed by atoms with Gasteiger partial charge in [0.15, 0.2) is 0 Å². The van der Waals surface area contributed by atoms with Crippen LogP contribution in [0.25, 0.3) is 0 Å². The molecule has 4 N–H and O–H groups in total. The van der Waals surface area contributed by atoms with Crippen molar-refractivity contribution < 1.29 is 19.8 Å². The topological polar surface area (TPSA) is 146 Å². The summed E-state index contributed by atoms with van der Waals surface area (Å²) in [5.74, 6) is 0.908. The molecule has 2 aliphatic rings. The van der Waals surface area contributed by atoms with E-state index in [0.29, 0.717) is 30.4 Å². The van der Waals surface area contributed by atoms with Gasteiger partial charge in [-0.1, -0.05) is 0 Å². The molecule has 11 heteroatoms. The van der Waals surface area contributed by atoms with Gasteiger partial charge in [-0.2, -0.15) is 10.1 Å². The molecule has 1 aliphatic carbocycles. The lowest BCUT2D eigenvalue weighted by Gasteiger charge is -2.27. The van der Waals surface area contributed by atoms with Crippen molar-refractivity contribution in [3.8, 4) is 0 Å².